The van der Waals surface area contributed by atoms with Crippen molar-refractivity contribution in [2.24, 2.45) is 0 Å². The normalized spacial score (nSPS) is 10.7. The number of ketones is 2. The SMILES string of the molecule is CCOC(=O)c1ccccc1C(=O)CC(=O)c1c(O)c2ccccc2n(-c2ccccc2)c1=O. The van der Waals surface area contributed by atoms with Crippen molar-refractivity contribution in [3.8, 4) is 11.4 Å². The van der Waals surface area contributed by atoms with E-state index in [1.807, 2.05) is 0 Å². The van der Waals surface area contributed by atoms with E-state index >= 15 is 0 Å². The summed E-state index contributed by atoms with van der Waals surface area (Å²) in [7, 11) is 0. The number of ether oxygens (including phenoxy) is 1. The van der Waals surface area contributed by atoms with Crippen LogP contribution in [0, 0.1) is 0 Å². The Morgan fingerprint density at radius 1 is 0.824 bits per heavy atom. The van der Waals surface area contributed by atoms with Gasteiger partial charge in [-0.05, 0) is 37.3 Å². The number of esters is 1. The fourth-order valence-electron chi connectivity index (χ4n) is 3.85. The number of carbonyl (C=O) groups is 3. The number of Topliss-reactive ketones (excluding diaryl/α,β-unsaturated/α-hetero) is 2. The van der Waals surface area contributed by atoms with Crippen LogP contribution in [0.15, 0.2) is 83.7 Å². The molecule has 0 amide bonds. The van der Waals surface area contributed by atoms with Gasteiger partial charge in [0.2, 0.25) is 0 Å². The third kappa shape index (κ3) is 4.11. The highest BCUT2D eigenvalue weighted by Crippen LogP contribution is 2.29. The van der Waals surface area contributed by atoms with E-state index in [0.717, 1.165) is 0 Å². The first kappa shape index (κ1) is 22.7. The predicted octanol–water partition coefficient (Wildman–Crippen LogP) is 4.33. The fraction of sp³-hybridized carbons (Fsp3) is 0.111. The second kappa shape index (κ2) is 9.54. The smallest absolute Gasteiger partial charge is 0.338 e. The van der Waals surface area contributed by atoms with Gasteiger partial charge in [-0.25, -0.2) is 4.79 Å². The molecule has 0 radical (unpaired) electrons. The van der Waals surface area contributed by atoms with Gasteiger partial charge in [0.15, 0.2) is 11.6 Å². The van der Waals surface area contributed by atoms with Gasteiger partial charge in [0.05, 0.1) is 24.1 Å². The lowest BCUT2D eigenvalue weighted by atomic mass is 9.97. The lowest BCUT2D eigenvalue weighted by molar-refractivity contribution is 0.0522. The molecule has 0 spiro atoms. The van der Waals surface area contributed by atoms with Crippen LogP contribution >= 0.6 is 0 Å². The molecule has 1 N–H and O–H groups in total. The fourth-order valence-corrected chi connectivity index (χ4v) is 3.85. The van der Waals surface area contributed by atoms with Gasteiger partial charge in [-0.3, -0.25) is 19.0 Å². The molecular formula is C27H21NO6. The van der Waals surface area contributed by atoms with E-state index < -0.39 is 40.8 Å². The molecule has 0 aliphatic carbocycles. The molecule has 7 heteroatoms. The minimum absolute atomic E-state index is 0.0120. The van der Waals surface area contributed by atoms with Crippen molar-refractivity contribution >= 4 is 28.4 Å². The Kier molecular flexibility index (Phi) is 6.36. The number of hydrogen-bond acceptors (Lipinski definition) is 6. The van der Waals surface area contributed by atoms with Crippen LogP contribution in [-0.4, -0.2) is 33.8 Å². The third-order valence-corrected chi connectivity index (χ3v) is 5.39. The number of pyridine rings is 1. The number of fused-ring (bicyclic) bond motifs is 1. The van der Waals surface area contributed by atoms with Gasteiger partial charge < -0.3 is 9.84 Å². The molecule has 7 nitrogen and oxygen atoms in total. The molecule has 1 aromatic heterocycles. The van der Waals surface area contributed by atoms with E-state index in [4.69, 9.17) is 4.74 Å². The first-order chi connectivity index (χ1) is 16.4. The Bertz CT molecular complexity index is 1470. The van der Waals surface area contributed by atoms with Crippen molar-refractivity contribution in [1.82, 2.24) is 4.57 Å². The van der Waals surface area contributed by atoms with Crippen LogP contribution in [0.25, 0.3) is 16.6 Å². The molecule has 4 aromatic rings. The zero-order chi connectivity index (χ0) is 24.2. The van der Waals surface area contributed by atoms with Gasteiger partial charge in [0.25, 0.3) is 5.56 Å². The molecule has 0 saturated heterocycles. The van der Waals surface area contributed by atoms with E-state index in [0.29, 0.717) is 16.6 Å². The zero-order valence-corrected chi connectivity index (χ0v) is 18.4. The molecule has 34 heavy (non-hydrogen) atoms. The number of rotatable bonds is 7. The summed E-state index contributed by atoms with van der Waals surface area (Å²) in [5.74, 6) is -2.67. The van der Waals surface area contributed by atoms with Crippen LogP contribution in [0.2, 0.25) is 0 Å². The first-order valence-electron chi connectivity index (χ1n) is 10.7. The maximum Gasteiger partial charge on any atom is 0.338 e. The summed E-state index contributed by atoms with van der Waals surface area (Å²) in [5, 5.41) is 11.1. The molecule has 3 aromatic carbocycles. The number of para-hydroxylation sites is 2. The van der Waals surface area contributed by atoms with Crippen molar-refractivity contribution < 1.29 is 24.2 Å². The summed E-state index contributed by atoms with van der Waals surface area (Å²) in [6, 6.07) is 21.4. The zero-order valence-electron chi connectivity index (χ0n) is 18.4. The second-order valence-corrected chi connectivity index (χ2v) is 7.51. The summed E-state index contributed by atoms with van der Waals surface area (Å²) in [5.41, 5.74) is -0.239. The van der Waals surface area contributed by atoms with Crippen LogP contribution in [0.1, 0.15) is 44.4 Å². The molecule has 170 valence electrons. The van der Waals surface area contributed by atoms with E-state index in [9.17, 15) is 24.3 Å². The summed E-state index contributed by atoms with van der Waals surface area (Å²) < 4.78 is 6.32. The number of aromatic hydroxyl groups is 1. The Labute approximate surface area is 194 Å². The standard InChI is InChI=1S/C27H21NO6/c1-2-34-27(33)19-13-7-6-12-18(19)22(29)16-23(30)24-25(31)20-14-8-9-15-21(20)28(26(24)32)17-10-4-3-5-11-17/h3-15,31H,2,16H2,1H3. The molecule has 0 atom stereocenters. The van der Waals surface area contributed by atoms with Gasteiger partial charge >= 0.3 is 5.97 Å². The second-order valence-electron chi connectivity index (χ2n) is 7.51. The Hall–Kier alpha value is -4.52. The molecule has 4 rings (SSSR count). The molecule has 0 aliphatic heterocycles. The maximum absolute atomic E-state index is 13.4. The Morgan fingerprint density at radius 2 is 1.44 bits per heavy atom. The van der Waals surface area contributed by atoms with Gasteiger partial charge in [-0.2, -0.15) is 0 Å². The Morgan fingerprint density at radius 3 is 2.15 bits per heavy atom. The maximum atomic E-state index is 13.4. The highest BCUT2D eigenvalue weighted by atomic mass is 16.5. The van der Waals surface area contributed by atoms with Gasteiger partial charge in [-0.15, -0.1) is 0 Å². The number of benzene rings is 3. The topological polar surface area (TPSA) is 103 Å². The quantitative estimate of drug-likeness (QED) is 0.253. The number of hydrogen-bond donors (Lipinski definition) is 1. The van der Waals surface area contributed by atoms with Crippen molar-refractivity contribution in [1.29, 1.82) is 0 Å². The largest absolute Gasteiger partial charge is 0.506 e. The van der Waals surface area contributed by atoms with E-state index in [-0.39, 0.29) is 17.7 Å². The number of nitrogens with zero attached hydrogens (tertiary/aromatic N) is 1. The average molecular weight is 455 g/mol. The van der Waals surface area contributed by atoms with E-state index in [2.05, 4.69) is 0 Å². The van der Waals surface area contributed by atoms with Crippen LogP contribution in [0.3, 0.4) is 0 Å². The van der Waals surface area contributed by atoms with E-state index in [1.165, 1.54) is 16.7 Å². The highest BCUT2D eigenvalue weighted by molar-refractivity contribution is 6.18. The van der Waals surface area contributed by atoms with Crippen LogP contribution in [-0.2, 0) is 4.74 Å². The van der Waals surface area contributed by atoms with Crippen molar-refractivity contribution in [3.05, 3.63) is 106 Å². The van der Waals surface area contributed by atoms with Gasteiger partial charge in [0, 0.05) is 16.6 Å². The molecular weight excluding hydrogens is 434 g/mol. The summed E-state index contributed by atoms with van der Waals surface area (Å²) in [6.07, 6.45) is -0.702. The average Bonchev–Trinajstić information content (AvgIpc) is 2.85. The number of carbonyl (C=O) groups excluding carboxylic acids is 3. The molecule has 0 unspecified atom stereocenters. The molecule has 0 fully saturated rings. The predicted molar refractivity (Wildman–Crippen MR) is 127 cm³/mol. The summed E-state index contributed by atoms with van der Waals surface area (Å²) in [6.45, 7) is 1.77. The minimum atomic E-state index is -0.846. The molecule has 1 heterocycles. The minimum Gasteiger partial charge on any atom is -0.506 e. The molecule has 0 bridgehead atoms. The van der Waals surface area contributed by atoms with Crippen LogP contribution < -0.4 is 5.56 Å². The Balaban J connectivity index is 1.80. The van der Waals surface area contributed by atoms with Crippen molar-refractivity contribution in [2.75, 3.05) is 6.61 Å². The van der Waals surface area contributed by atoms with Gasteiger partial charge in [0.1, 0.15) is 11.3 Å². The summed E-state index contributed by atoms with van der Waals surface area (Å²) >= 11 is 0. The van der Waals surface area contributed by atoms with E-state index in [1.54, 1.807) is 73.7 Å². The summed E-state index contributed by atoms with van der Waals surface area (Å²) in [4.78, 5) is 51.8. The van der Waals surface area contributed by atoms with Crippen molar-refractivity contribution in [3.63, 3.8) is 0 Å². The monoisotopic (exact) mass is 455 g/mol. The number of aromatic nitrogens is 1. The lowest BCUT2D eigenvalue weighted by Gasteiger charge is -2.15. The van der Waals surface area contributed by atoms with Gasteiger partial charge in [-0.1, -0.05) is 48.5 Å². The van der Waals surface area contributed by atoms with Crippen LogP contribution in [0.5, 0.6) is 5.75 Å². The lowest BCUT2D eigenvalue weighted by Crippen LogP contribution is -2.27. The molecule has 0 saturated carbocycles. The molecule has 0 aliphatic rings. The van der Waals surface area contributed by atoms with Crippen LogP contribution in [0.4, 0.5) is 0 Å². The van der Waals surface area contributed by atoms with Crippen molar-refractivity contribution in [2.45, 2.75) is 13.3 Å². The first-order valence-corrected chi connectivity index (χ1v) is 10.7. The third-order valence-electron chi connectivity index (χ3n) is 5.39. The highest BCUT2D eigenvalue weighted by Gasteiger charge is 2.26.